The molecule has 0 radical (unpaired) electrons. The van der Waals surface area contributed by atoms with Gasteiger partial charge in [0.25, 0.3) is 0 Å². The molecule has 4 heteroatoms. The summed E-state index contributed by atoms with van der Waals surface area (Å²) in [6.45, 7) is 0.733. The smallest absolute Gasteiger partial charge is 0.336 e. The van der Waals surface area contributed by atoms with Gasteiger partial charge in [-0.2, -0.15) is 0 Å². The van der Waals surface area contributed by atoms with Crippen molar-refractivity contribution >= 4 is 5.97 Å². The maximum atomic E-state index is 11.1. The highest BCUT2D eigenvalue weighted by Crippen LogP contribution is 2.16. The fourth-order valence-corrected chi connectivity index (χ4v) is 1.78. The second kappa shape index (κ2) is 5.29. The first-order valence-electron chi connectivity index (χ1n) is 5.60. The fraction of sp³-hybridized carbons (Fsp3) is 0.462. The molecule has 0 aliphatic carbocycles. The Morgan fingerprint density at radius 1 is 1.29 bits per heavy atom. The normalized spacial score (nSPS) is 11.5. The second-order valence-corrected chi connectivity index (χ2v) is 5.22. The summed E-state index contributed by atoms with van der Waals surface area (Å²) in [5.41, 5.74) is 2.14. The molecule has 2 N–H and O–H groups in total. The van der Waals surface area contributed by atoms with Crippen LogP contribution in [-0.2, 0) is 13.0 Å². The molecule has 0 heterocycles. The number of nitrogens with zero attached hydrogens (tertiary/aromatic N) is 1. The van der Waals surface area contributed by atoms with Gasteiger partial charge in [0.2, 0.25) is 0 Å². The van der Waals surface area contributed by atoms with Crippen LogP contribution >= 0.6 is 0 Å². The Labute approximate surface area is 102 Å². The van der Waals surface area contributed by atoms with E-state index in [0.717, 1.165) is 11.1 Å². The molecule has 0 saturated carbocycles. The van der Waals surface area contributed by atoms with E-state index in [1.807, 2.05) is 27.2 Å². The molecule has 0 spiro atoms. The van der Waals surface area contributed by atoms with Crippen LogP contribution in [0, 0.1) is 0 Å². The fourth-order valence-electron chi connectivity index (χ4n) is 1.78. The third-order valence-electron chi connectivity index (χ3n) is 2.45. The minimum absolute atomic E-state index is 0.0796. The van der Waals surface area contributed by atoms with Crippen molar-refractivity contribution < 1.29 is 19.5 Å². The number of hydrogen-bond donors (Lipinski definition) is 2. The van der Waals surface area contributed by atoms with Crippen molar-refractivity contribution in [2.45, 2.75) is 13.0 Å². The Morgan fingerprint density at radius 3 is 2.41 bits per heavy atom. The molecule has 0 atom stereocenters. The average Bonchev–Trinajstić information content (AvgIpc) is 2.15. The Bertz CT molecular complexity index is 408. The van der Waals surface area contributed by atoms with Gasteiger partial charge in [-0.15, -0.1) is 0 Å². The van der Waals surface area contributed by atoms with Gasteiger partial charge in [0.15, 0.2) is 0 Å². The van der Waals surface area contributed by atoms with E-state index in [9.17, 15) is 4.79 Å². The van der Waals surface area contributed by atoms with Crippen molar-refractivity contribution in [2.75, 3.05) is 27.7 Å². The SMILES string of the molecule is C[N+](C)(C)Cc1cc(CCO)ccc1C(=O)O. The van der Waals surface area contributed by atoms with Crippen LogP contribution in [0.15, 0.2) is 18.2 Å². The monoisotopic (exact) mass is 238 g/mol. The number of aliphatic hydroxyl groups is 1. The van der Waals surface area contributed by atoms with Gasteiger partial charge in [-0.05, 0) is 24.1 Å². The zero-order valence-corrected chi connectivity index (χ0v) is 10.6. The maximum Gasteiger partial charge on any atom is 0.336 e. The molecule has 0 aliphatic rings. The van der Waals surface area contributed by atoms with Gasteiger partial charge < -0.3 is 14.7 Å². The molecule has 0 aromatic heterocycles. The number of rotatable bonds is 5. The lowest BCUT2D eigenvalue weighted by Crippen LogP contribution is -2.34. The summed E-state index contributed by atoms with van der Waals surface area (Å²) in [6.07, 6.45) is 0.560. The summed E-state index contributed by atoms with van der Waals surface area (Å²) >= 11 is 0. The van der Waals surface area contributed by atoms with Crippen LogP contribution in [0.4, 0.5) is 0 Å². The first-order chi connectivity index (χ1) is 7.83. The van der Waals surface area contributed by atoms with Crippen LogP contribution in [0.3, 0.4) is 0 Å². The number of hydrogen-bond acceptors (Lipinski definition) is 2. The Morgan fingerprint density at radius 2 is 1.94 bits per heavy atom. The van der Waals surface area contributed by atoms with E-state index in [1.165, 1.54) is 0 Å². The molecule has 4 nitrogen and oxygen atoms in total. The zero-order valence-electron chi connectivity index (χ0n) is 10.6. The third-order valence-corrected chi connectivity index (χ3v) is 2.45. The third kappa shape index (κ3) is 4.17. The van der Waals surface area contributed by atoms with Crippen molar-refractivity contribution in [3.8, 4) is 0 Å². The number of aliphatic hydroxyl groups excluding tert-OH is 1. The maximum absolute atomic E-state index is 11.1. The average molecular weight is 238 g/mol. The van der Waals surface area contributed by atoms with Gasteiger partial charge in [-0.25, -0.2) is 4.79 Å². The largest absolute Gasteiger partial charge is 0.478 e. The van der Waals surface area contributed by atoms with Crippen molar-refractivity contribution in [1.82, 2.24) is 0 Å². The molecule has 0 amide bonds. The number of benzene rings is 1. The molecule has 1 aromatic carbocycles. The predicted molar refractivity (Wildman–Crippen MR) is 65.9 cm³/mol. The summed E-state index contributed by atoms with van der Waals surface area (Å²) in [5, 5.41) is 18.0. The van der Waals surface area contributed by atoms with E-state index in [1.54, 1.807) is 12.1 Å². The second-order valence-electron chi connectivity index (χ2n) is 5.22. The zero-order chi connectivity index (χ0) is 13.1. The minimum atomic E-state index is -0.899. The summed E-state index contributed by atoms with van der Waals surface area (Å²) in [5.74, 6) is -0.899. The van der Waals surface area contributed by atoms with Crippen LogP contribution < -0.4 is 0 Å². The van der Waals surface area contributed by atoms with Crippen molar-refractivity contribution in [1.29, 1.82) is 0 Å². The van der Waals surface area contributed by atoms with E-state index in [0.29, 0.717) is 23.0 Å². The minimum Gasteiger partial charge on any atom is -0.478 e. The van der Waals surface area contributed by atoms with Crippen molar-refractivity contribution in [3.63, 3.8) is 0 Å². The first-order valence-corrected chi connectivity index (χ1v) is 5.60. The molecule has 0 bridgehead atoms. The number of carbonyl (C=O) groups is 1. The molecule has 0 aliphatic heterocycles. The van der Waals surface area contributed by atoms with Gasteiger partial charge in [-0.3, -0.25) is 0 Å². The highest BCUT2D eigenvalue weighted by molar-refractivity contribution is 5.89. The molecular formula is C13H20NO3+. The van der Waals surface area contributed by atoms with E-state index < -0.39 is 5.97 Å². The topological polar surface area (TPSA) is 57.5 Å². The van der Waals surface area contributed by atoms with Gasteiger partial charge in [0.1, 0.15) is 6.54 Å². The lowest BCUT2D eigenvalue weighted by Gasteiger charge is -2.25. The number of carboxylic acids is 1. The number of quaternary nitrogens is 1. The highest BCUT2D eigenvalue weighted by atomic mass is 16.4. The van der Waals surface area contributed by atoms with Gasteiger partial charge >= 0.3 is 5.97 Å². The Balaban J connectivity index is 3.11. The summed E-state index contributed by atoms with van der Waals surface area (Å²) < 4.78 is 0.670. The molecule has 17 heavy (non-hydrogen) atoms. The lowest BCUT2D eigenvalue weighted by molar-refractivity contribution is -0.884. The standard InChI is InChI=1S/C13H19NO3/c1-14(2,3)9-11-8-10(6-7-15)4-5-12(11)13(16)17/h4-5,8,15H,6-7,9H2,1-3H3/p+1. The molecule has 94 valence electrons. The first kappa shape index (κ1) is 13.7. The van der Waals surface area contributed by atoms with Gasteiger partial charge in [0, 0.05) is 12.2 Å². The van der Waals surface area contributed by atoms with Gasteiger partial charge in [0.05, 0.1) is 26.7 Å². The Hall–Kier alpha value is -1.39. The van der Waals surface area contributed by atoms with E-state index in [4.69, 9.17) is 10.2 Å². The van der Waals surface area contributed by atoms with Crippen molar-refractivity contribution in [2.24, 2.45) is 0 Å². The summed E-state index contributed by atoms with van der Waals surface area (Å²) in [4.78, 5) is 11.1. The molecule has 1 aromatic rings. The predicted octanol–water partition coefficient (Wildman–Crippen LogP) is 1.13. The van der Waals surface area contributed by atoms with Crippen molar-refractivity contribution in [3.05, 3.63) is 34.9 Å². The molecular weight excluding hydrogens is 218 g/mol. The Kier molecular flexibility index (Phi) is 4.26. The highest BCUT2D eigenvalue weighted by Gasteiger charge is 2.16. The lowest BCUT2D eigenvalue weighted by atomic mass is 10.0. The van der Waals surface area contributed by atoms with E-state index in [2.05, 4.69) is 0 Å². The summed E-state index contributed by atoms with van der Waals surface area (Å²) in [7, 11) is 6.05. The van der Waals surface area contributed by atoms with Crippen LogP contribution in [0.5, 0.6) is 0 Å². The van der Waals surface area contributed by atoms with E-state index in [-0.39, 0.29) is 6.61 Å². The number of aromatic carboxylic acids is 1. The van der Waals surface area contributed by atoms with Crippen LogP contribution in [-0.4, -0.2) is 48.4 Å². The quantitative estimate of drug-likeness (QED) is 0.756. The summed E-state index contributed by atoms with van der Waals surface area (Å²) in [6, 6.07) is 5.26. The molecule has 0 saturated heterocycles. The van der Waals surface area contributed by atoms with Crippen LogP contribution in [0.2, 0.25) is 0 Å². The van der Waals surface area contributed by atoms with Crippen LogP contribution in [0.25, 0.3) is 0 Å². The van der Waals surface area contributed by atoms with Gasteiger partial charge in [-0.1, -0.05) is 6.07 Å². The molecule has 1 rings (SSSR count). The molecule has 0 unspecified atom stereocenters. The molecule has 0 fully saturated rings. The van der Waals surface area contributed by atoms with E-state index >= 15 is 0 Å². The number of carboxylic acid groups (broad SMARTS) is 1. The van der Waals surface area contributed by atoms with Crippen LogP contribution in [0.1, 0.15) is 21.5 Å².